The quantitative estimate of drug-likeness (QED) is 0.193. The SMILES string of the molecule is CNC(O)c1c(C=O)c2c3ccccc3n3c2c2c1c1ccccc1n2C(C)(OC)C(O)(C(=O)OC)C3. The number of aliphatic hydroxyl groups is 2. The van der Waals surface area contributed by atoms with E-state index >= 15 is 0 Å². The molecule has 0 aliphatic carbocycles. The van der Waals surface area contributed by atoms with Gasteiger partial charge in [-0.3, -0.25) is 10.1 Å². The lowest BCUT2D eigenvalue weighted by Gasteiger charge is -2.42. The Kier molecular flexibility index (Phi) is 5.02. The van der Waals surface area contributed by atoms with Gasteiger partial charge in [-0.05, 0) is 26.1 Å². The first-order chi connectivity index (χ1) is 17.8. The molecule has 0 saturated carbocycles. The van der Waals surface area contributed by atoms with Gasteiger partial charge in [-0.2, -0.15) is 0 Å². The fraction of sp³-hybridized carbons (Fsp3) is 0.286. The smallest absolute Gasteiger partial charge is 0.344 e. The van der Waals surface area contributed by atoms with Crippen molar-refractivity contribution >= 4 is 55.9 Å². The number of carbonyl (C=O) groups is 2. The summed E-state index contributed by atoms with van der Waals surface area (Å²) in [5.41, 5.74) is -0.365. The molecule has 0 amide bonds. The van der Waals surface area contributed by atoms with Gasteiger partial charge in [0.05, 0.1) is 30.2 Å². The van der Waals surface area contributed by atoms with Crippen molar-refractivity contribution in [2.24, 2.45) is 0 Å². The molecule has 1 aliphatic rings. The van der Waals surface area contributed by atoms with E-state index in [1.807, 2.05) is 53.1 Å². The predicted octanol–water partition coefficient (Wildman–Crippen LogP) is 3.16. The number of fused-ring (bicyclic) bond motifs is 6. The molecule has 3 unspecified atom stereocenters. The van der Waals surface area contributed by atoms with Gasteiger partial charge in [-0.25, -0.2) is 4.79 Å². The van der Waals surface area contributed by atoms with Gasteiger partial charge >= 0.3 is 5.97 Å². The molecule has 3 atom stereocenters. The maximum absolute atomic E-state index is 13.4. The molecule has 3 heterocycles. The first-order valence-corrected chi connectivity index (χ1v) is 12.0. The number of nitrogens with one attached hydrogen (secondary N) is 1. The predicted molar refractivity (Wildman–Crippen MR) is 139 cm³/mol. The number of methoxy groups -OCH3 is 2. The van der Waals surface area contributed by atoms with E-state index in [0.29, 0.717) is 38.4 Å². The van der Waals surface area contributed by atoms with Crippen LogP contribution < -0.4 is 5.32 Å². The van der Waals surface area contributed by atoms with Crippen LogP contribution in [0.4, 0.5) is 0 Å². The highest BCUT2D eigenvalue weighted by molar-refractivity contribution is 6.28. The van der Waals surface area contributed by atoms with Crippen LogP contribution in [-0.2, 0) is 26.5 Å². The number of rotatable bonds is 5. The Morgan fingerprint density at radius 3 is 2.27 bits per heavy atom. The van der Waals surface area contributed by atoms with E-state index < -0.39 is 23.5 Å². The number of nitrogens with zero attached hydrogens (tertiary/aromatic N) is 2. The van der Waals surface area contributed by atoms with E-state index in [1.165, 1.54) is 14.2 Å². The number of esters is 1. The van der Waals surface area contributed by atoms with Crippen LogP contribution in [0.3, 0.4) is 0 Å². The van der Waals surface area contributed by atoms with Crippen LogP contribution in [0.5, 0.6) is 0 Å². The van der Waals surface area contributed by atoms with Crippen LogP contribution in [0, 0.1) is 0 Å². The van der Waals surface area contributed by atoms with E-state index in [1.54, 1.807) is 18.5 Å². The van der Waals surface area contributed by atoms with Gasteiger partial charge in [0, 0.05) is 45.3 Å². The lowest BCUT2D eigenvalue weighted by molar-refractivity contribution is -0.225. The van der Waals surface area contributed by atoms with Crippen molar-refractivity contribution in [3.8, 4) is 0 Å². The van der Waals surface area contributed by atoms with Gasteiger partial charge in [0.15, 0.2) is 12.0 Å². The second-order valence-corrected chi connectivity index (χ2v) is 9.58. The van der Waals surface area contributed by atoms with E-state index in [0.717, 1.165) is 22.6 Å². The Morgan fingerprint density at radius 1 is 1.05 bits per heavy atom. The van der Waals surface area contributed by atoms with Crippen LogP contribution in [0.2, 0.25) is 0 Å². The zero-order valence-corrected chi connectivity index (χ0v) is 20.9. The molecule has 190 valence electrons. The molecular weight excluding hydrogens is 474 g/mol. The molecule has 37 heavy (non-hydrogen) atoms. The molecular formula is C28H27N3O6. The number of aliphatic hydroxyl groups excluding tert-OH is 1. The third-order valence-electron chi connectivity index (χ3n) is 8.07. The first kappa shape index (κ1) is 23.6. The summed E-state index contributed by atoms with van der Waals surface area (Å²) in [4.78, 5) is 26.1. The fourth-order valence-electron chi connectivity index (χ4n) is 6.23. The molecule has 0 fully saturated rings. The zero-order valence-electron chi connectivity index (χ0n) is 20.9. The number of hydrogen-bond donors (Lipinski definition) is 3. The van der Waals surface area contributed by atoms with Gasteiger partial charge in [0.25, 0.3) is 0 Å². The van der Waals surface area contributed by atoms with Crippen LogP contribution in [0.1, 0.15) is 29.1 Å². The van der Waals surface area contributed by atoms with Gasteiger partial charge in [0.1, 0.15) is 6.23 Å². The Morgan fingerprint density at radius 2 is 1.68 bits per heavy atom. The number of hydrogen-bond acceptors (Lipinski definition) is 7. The van der Waals surface area contributed by atoms with Crippen LogP contribution in [0.15, 0.2) is 48.5 Å². The van der Waals surface area contributed by atoms with Gasteiger partial charge in [0.2, 0.25) is 5.60 Å². The normalized spacial score (nSPS) is 22.2. The number of carbonyl (C=O) groups excluding carboxylic acids is 2. The molecule has 3 N–H and O–H groups in total. The van der Waals surface area contributed by atoms with Crippen molar-refractivity contribution in [3.63, 3.8) is 0 Å². The van der Waals surface area contributed by atoms with E-state index in [2.05, 4.69) is 5.32 Å². The van der Waals surface area contributed by atoms with Crippen molar-refractivity contribution in [3.05, 3.63) is 59.7 Å². The number of aromatic nitrogens is 2. The van der Waals surface area contributed by atoms with Crippen molar-refractivity contribution < 1.29 is 29.3 Å². The second-order valence-electron chi connectivity index (χ2n) is 9.58. The summed E-state index contributed by atoms with van der Waals surface area (Å²) in [5, 5.41) is 29.1. The van der Waals surface area contributed by atoms with E-state index in [-0.39, 0.29) is 6.54 Å². The first-order valence-electron chi connectivity index (χ1n) is 12.0. The minimum atomic E-state index is -2.16. The summed E-state index contributed by atoms with van der Waals surface area (Å²) >= 11 is 0. The molecule has 5 aromatic rings. The molecule has 1 aliphatic heterocycles. The zero-order chi connectivity index (χ0) is 26.3. The van der Waals surface area contributed by atoms with Gasteiger partial charge < -0.3 is 28.8 Å². The second kappa shape index (κ2) is 7.87. The topological polar surface area (TPSA) is 115 Å². The summed E-state index contributed by atoms with van der Waals surface area (Å²) in [5.74, 6) is -0.854. The third-order valence-corrected chi connectivity index (χ3v) is 8.07. The lowest BCUT2D eigenvalue weighted by Crippen LogP contribution is -2.61. The minimum Gasteiger partial charge on any atom is -0.467 e. The van der Waals surface area contributed by atoms with E-state index in [4.69, 9.17) is 9.47 Å². The summed E-state index contributed by atoms with van der Waals surface area (Å²) in [6, 6.07) is 15.0. The Balaban J connectivity index is 2.04. The molecule has 3 aromatic carbocycles. The van der Waals surface area contributed by atoms with Crippen LogP contribution >= 0.6 is 0 Å². The molecule has 9 heteroatoms. The lowest BCUT2D eigenvalue weighted by atomic mass is 9.90. The summed E-state index contributed by atoms with van der Waals surface area (Å²) in [6.07, 6.45) is -0.400. The highest BCUT2D eigenvalue weighted by Gasteiger charge is 2.59. The molecule has 6 rings (SSSR count). The Labute approximate surface area is 211 Å². The molecule has 0 radical (unpaired) electrons. The standard InChI is InChI=1S/C28H27N3O6/c1-27(37-4)28(35,26(34)36-3)14-30-18-11-7-5-9-15(18)20-17(13-32)22(25(33)29-2)21-16-10-6-8-12-19(16)31(27)24(21)23(20)30/h5-13,25,29,33,35H,14H2,1-4H3. The molecule has 2 aromatic heterocycles. The van der Waals surface area contributed by atoms with Crippen molar-refractivity contribution in [2.45, 2.75) is 31.0 Å². The monoisotopic (exact) mass is 501 g/mol. The number of para-hydroxylation sites is 2. The van der Waals surface area contributed by atoms with Crippen molar-refractivity contribution in [2.75, 3.05) is 21.3 Å². The average molecular weight is 502 g/mol. The summed E-state index contributed by atoms with van der Waals surface area (Å²) in [7, 11) is 4.28. The molecule has 0 saturated heterocycles. The highest BCUT2D eigenvalue weighted by Crippen LogP contribution is 2.51. The molecule has 9 nitrogen and oxygen atoms in total. The highest BCUT2D eigenvalue weighted by atomic mass is 16.6. The Bertz CT molecular complexity index is 1770. The van der Waals surface area contributed by atoms with Crippen molar-refractivity contribution in [1.82, 2.24) is 14.5 Å². The van der Waals surface area contributed by atoms with Crippen molar-refractivity contribution in [1.29, 1.82) is 0 Å². The Hall–Kier alpha value is -3.76. The van der Waals surface area contributed by atoms with Crippen LogP contribution in [-0.4, -0.2) is 58.5 Å². The average Bonchev–Trinajstić information content (AvgIpc) is 3.41. The van der Waals surface area contributed by atoms with Gasteiger partial charge in [-0.15, -0.1) is 0 Å². The number of ether oxygens (including phenoxy) is 2. The van der Waals surface area contributed by atoms with Gasteiger partial charge in [-0.1, -0.05) is 36.4 Å². The third kappa shape index (κ3) is 2.66. The van der Waals surface area contributed by atoms with Crippen LogP contribution in [0.25, 0.3) is 43.6 Å². The minimum absolute atomic E-state index is 0.189. The number of aldehydes is 1. The molecule has 0 bridgehead atoms. The maximum Gasteiger partial charge on any atom is 0.344 e. The fourth-order valence-corrected chi connectivity index (χ4v) is 6.23. The maximum atomic E-state index is 13.4. The summed E-state index contributed by atoms with van der Waals surface area (Å²) in [6.45, 7) is 1.46. The molecule has 0 spiro atoms. The summed E-state index contributed by atoms with van der Waals surface area (Å²) < 4.78 is 14.8. The van der Waals surface area contributed by atoms with E-state index in [9.17, 15) is 19.8 Å². The largest absolute Gasteiger partial charge is 0.467 e. The number of benzene rings is 3.